The fourth-order valence-electron chi connectivity index (χ4n) is 3.33. The number of benzene rings is 1. The van der Waals surface area contributed by atoms with Gasteiger partial charge in [-0.05, 0) is 57.9 Å². The maximum Gasteiger partial charge on any atom is 0.256 e. The molecule has 30 heavy (non-hydrogen) atoms. The molecule has 2 aromatic heterocycles. The van der Waals surface area contributed by atoms with Crippen molar-refractivity contribution in [2.24, 2.45) is 0 Å². The van der Waals surface area contributed by atoms with Crippen LogP contribution in [0, 0.1) is 6.92 Å². The summed E-state index contributed by atoms with van der Waals surface area (Å²) in [5.74, 6) is -0.241. The number of nitrogens with one attached hydrogen (secondary N) is 2. The van der Waals surface area contributed by atoms with E-state index in [1.807, 2.05) is 17.7 Å². The van der Waals surface area contributed by atoms with Gasteiger partial charge in [0.1, 0.15) is 0 Å². The van der Waals surface area contributed by atoms with E-state index in [1.54, 1.807) is 24.3 Å². The van der Waals surface area contributed by atoms with Gasteiger partial charge in [0.05, 0.1) is 22.2 Å². The van der Waals surface area contributed by atoms with Crippen molar-refractivity contribution in [3.63, 3.8) is 0 Å². The monoisotopic (exact) mass is 407 g/mol. The highest BCUT2D eigenvalue weighted by Gasteiger charge is 2.25. The molecule has 0 radical (unpaired) electrons. The van der Waals surface area contributed by atoms with Crippen LogP contribution in [-0.2, 0) is 10.3 Å². The van der Waals surface area contributed by atoms with Crippen LogP contribution in [0.2, 0.25) is 0 Å². The number of pyridine rings is 1. The van der Waals surface area contributed by atoms with Crippen molar-refractivity contribution in [3.8, 4) is 0 Å². The number of carbonyl (C=O) groups is 2. The van der Waals surface area contributed by atoms with Gasteiger partial charge >= 0.3 is 0 Å². The van der Waals surface area contributed by atoms with Crippen molar-refractivity contribution < 1.29 is 9.59 Å². The Morgan fingerprint density at radius 3 is 2.27 bits per heavy atom. The van der Waals surface area contributed by atoms with Gasteiger partial charge in [-0.25, -0.2) is 9.67 Å². The molecule has 0 spiro atoms. The minimum atomic E-state index is -0.268. The van der Waals surface area contributed by atoms with E-state index in [-0.39, 0.29) is 23.3 Å². The largest absolute Gasteiger partial charge is 0.326 e. The number of hydrogen-bond donors (Lipinski definition) is 2. The Morgan fingerprint density at radius 2 is 1.70 bits per heavy atom. The highest BCUT2D eigenvalue weighted by Crippen LogP contribution is 2.29. The SMILES string of the molecule is CC(=O)Nc1cccc(NC(=O)c2cc(C(C)C)nc3c2c(C)nn3C(C)(C)C)c1. The number of amides is 2. The summed E-state index contributed by atoms with van der Waals surface area (Å²) in [6.07, 6.45) is 0. The molecule has 7 nitrogen and oxygen atoms in total. The number of aromatic nitrogens is 3. The van der Waals surface area contributed by atoms with Crippen LogP contribution in [0.3, 0.4) is 0 Å². The number of anilines is 2. The molecule has 2 amide bonds. The van der Waals surface area contributed by atoms with Gasteiger partial charge in [0, 0.05) is 24.0 Å². The Morgan fingerprint density at radius 1 is 1.07 bits per heavy atom. The minimum absolute atomic E-state index is 0.160. The molecule has 7 heteroatoms. The Labute approximate surface area is 176 Å². The second-order valence-electron chi connectivity index (χ2n) is 8.83. The lowest BCUT2D eigenvalue weighted by Gasteiger charge is -2.20. The van der Waals surface area contributed by atoms with E-state index in [1.165, 1.54) is 6.92 Å². The first-order valence-electron chi connectivity index (χ1n) is 10.1. The number of aryl methyl sites for hydroxylation is 1. The molecule has 1 aromatic carbocycles. The first kappa shape index (κ1) is 21.5. The van der Waals surface area contributed by atoms with E-state index in [4.69, 9.17) is 4.98 Å². The summed E-state index contributed by atoms with van der Waals surface area (Å²) in [6.45, 7) is 13.6. The van der Waals surface area contributed by atoms with E-state index >= 15 is 0 Å². The molecule has 0 aliphatic heterocycles. The fraction of sp³-hybridized carbons (Fsp3) is 0.391. The number of carbonyl (C=O) groups excluding carboxylic acids is 2. The van der Waals surface area contributed by atoms with Crippen LogP contribution in [0.1, 0.15) is 69.2 Å². The average molecular weight is 408 g/mol. The number of nitrogens with zero attached hydrogens (tertiary/aromatic N) is 3. The van der Waals surface area contributed by atoms with E-state index < -0.39 is 0 Å². The number of rotatable bonds is 4. The third-order valence-corrected chi connectivity index (χ3v) is 4.74. The van der Waals surface area contributed by atoms with E-state index in [2.05, 4.69) is 50.4 Å². The molecule has 0 aliphatic rings. The van der Waals surface area contributed by atoms with Gasteiger partial charge in [-0.15, -0.1) is 0 Å². The molecular weight excluding hydrogens is 378 g/mol. The lowest BCUT2D eigenvalue weighted by molar-refractivity contribution is -0.114. The maximum absolute atomic E-state index is 13.3. The third kappa shape index (κ3) is 4.35. The van der Waals surface area contributed by atoms with Crippen LogP contribution in [0.4, 0.5) is 11.4 Å². The minimum Gasteiger partial charge on any atom is -0.326 e. The van der Waals surface area contributed by atoms with Gasteiger partial charge in [0.15, 0.2) is 5.65 Å². The lowest BCUT2D eigenvalue weighted by atomic mass is 10.0. The van der Waals surface area contributed by atoms with Gasteiger partial charge in [-0.1, -0.05) is 19.9 Å². The van der Waals surface area contributed by atoms with E-state index in [9.17, 15) is 9.59 Å². The third-order valence-electron chi connectivity index (χ3n) is 4.74. The zero-order valence-electron chi connectivity index (χ0n) is 18.6. The smallest absolute Gasteiger partial charge is 0.256 e. The second-order valence-corrected chi connectivity index (χ2v) is 8.83. The van der Waals surface area contributed by atoms with E-state index in [0.717, 1.165) is 16.8 Å². The van der Waals surface area contributed by atoms with Gasteiger partial charge in [0.2, 0.25) is 5.91 Å². The Balaban J connectivity index is 2.09. The Bertz CT molecular complexity index is 1120. The summed E-state index contributed by atoms with van der Waals surface area (Å²) in [5, 5.41) is 11.1. The zero-order chi connectivity index (χ0) is 22.2. The molecule has 2 N–H and O–H groups in total. The van der Waals surface area contributed by atoms with Crippen molar-refractivity contribution in [1.29, 1.82) is 0 Å². The molecule has 0 saturated carbocycles. The van der Waals surface area contributed by atoms with Gasteiger partial charge in [-0.3, -0.25) is 9.59 Å². The molecule has 0 fully saturated rings. The predicted octanol–water partition coefficient (Wildman–Crippen LogP) is 4.83. The average Bonchev–Trinajstić information content (AvgIpc) is 2.98. The van der Waals surface area contributed by atoms with Gasteiger partial charge in [-0.2, -0.15) is 5.10 Å². The molecular formula is C23H29N5O2. The highest BCUT2D eigenvalue weighted by molar-refractivity contribution is 6.13. The van der Waals surface area contributed by atoms with Crippen LogP contribution >= 0.6 is 0 Å². The molecule has 0 aliphatic carbocycles. The van der Waals surface area contributed by atoms with Crippen molar-refractivity contribution in [1.82, 2.24) is 14.8 Å². The fourth-order valence-corrected chi connectivity index (χ4v) is 3.33. The topological polar surface area (TPSA) is 88.9 Å². The van der Waals surface area contributed by atoms with Gasteiger partial charge in [0.25, 0.3) is 5.91 Å². The first-order valence-corrected chi connectivity index (χ1v) is 10.1. The molecule has 0 bridgehead atoms. The molecule has 3 rings (SSSR count). The van der Waals surface area contributed by atoms with Crippen molar-refractivity contribution in [3.05, 3.63) is 47.3 Å². The Kier molecular flexibility index (Phi) is 5.65. The van der Waals surface area contributed by atoms with Crippen molar-refractivity contribution >= 4 is 34.2 Å². The number of fused-ring (bicyclic) bond motifs is 1. The summed E-state index contributed by atoms with van der Waals surface area (Å²) in [6, 6.07) is 8.92. The van der Waals surface area contributed by atoms with Crippen LogP contribution in [0.5, 0.6) is 0 Å². The van der Waals surface area contributed by atoms with Crippen LogP contribution < -0.4 is 10.6 Å². The predicted molar refractivity (Wildman–Crippen MR) is 120 cm³/mol. The van der Waals surface area contributed by atoms with E-state index in [0.29, 0.717) is 22.6 Å². The summed E-state index contributed by atoms with van der Waals surface area (Å²) in [4.78, 5) is 29.4. The highest BCUT2D eigenvalue weighted by atomic mass is 16.2. The molecule has 0 unspecified atom stereocenters. The Hall–Kier alpha value is -3.22. The van der Waals surface area contributed by atoms with Crippen LogP contribution in [-0.4, -0.2) is 26.6 Å². The summed E-state index contributed by atoms with van der Waals surface area (Å²) in [7, 11) is 0. The molecule has 2 heterocycles. The first-order chi connectivity index (χ1) is 14.0. The quantitative estimate of drug-likeness (QED) is 0.648. The lowest BCUT2D eigenvalue weighted by Crippen LogP contribution is -2.24. The zero-order valence-corrected chi connectivity index (χ0v) is 18.6. The second kappa shape index (κ2) is 7.89. The molecule has 0 atom stereocenters. The van der Waals surface area contributed by atoms with Crippen molar-refractivity contribution in [2.75, 3.05) is 10.6 Å². The summed E-state index contributed by atoms with van der Waals surface area (Å²) < 4.78 is 1.89. The molecule has 0 saturated heterocycles. The number of hydrogen-bond acceptors (Lipinski definition) is 4. The molecule has 3 aromatic rings. The van der Waals surface area contributed by atoms with Crippen LogP contribution in [0.15, 0.2) is 30.3 Å². The normalized spacial score (nSPS) is 11.7. The van der Waals surface area contributed by atoms with Crippen LogP contribution in [0.25, 0.3) is 11.0 Å². The van der Waals surface area contributed by atoms with Gasteiger partial charge < -0.3 is 10.6 Å². The molecule has 158 valence electrons. The standard InChI is InChI=1S/C23H29N5O2/c1-13(2)19-12-18(20-14(3)27-28(21(20)26-19)23(5,6)7)22(30)25-17-10-8-9-16(11-17)24-15(4)29/h8-13H,1-7H3,(H,24,29)(H,25,30). The van der Waals surface area contributed by atoms with Crippen molar-refractivity contribution in [2.45, 2.75) is 59.9 Å². The maximum atomic E-state index is 13.3. The summed E-state index contributed by atoms with van der Waals surface area (Å²) >= 11 is 0. The summed E-state index contributed by atoms with van der Waals surface area (Å²) in [5.41, 5.74) is 3.81.